The van der Waals surface area contributed by atoms with Crippen molar-refractivity contribution in [2.45, 2.75) is 6.92 Å². The summed E-state index contributed by atoms with van der Waals surface area (Å²) in [6.07, 6.45) is 0. The molecule has 0 fully saturated rings. The molecule has 3 heterocycles. The van der Waals surface area contributed by atoms with Crippen LogP contribution in [0.3, 0.4) is 0 Å². The van der Waals surface area contributed by atoms with Crippen molar-refractivity contribution in [3.05, 3.63) is 68.8 Å². The Morgan fingerprint density at radius 3 is 2.60 bits per heavy atom. The van der Waals surface area contributed by atoms with E-state index < -0.39 is 5.56 Å². The second-order valence-electron chi connectivity index (χ2n) is 5.73. The Hall–Kier alpha value is -3.30. The number of fused-ring (bicyclic) bond motifs is 1. The lowest BCUT2D eigenvalue weighted by Gasteiger charge is -2.10. The van der Waals surface area contributed by atoms with Crippen LogP contribution in [0.25, 0.3) is 27.8 Å². The molecule has 0 aliphatic rings. The van der Waals surface area contributed by atoms with E-state index in [-0.39, 0.29) is 11.3 Å². The molecule has 3 aromatic heterocycles. The van der Waals surface area contributed by atoms with Crippen LogP contribution in [-0.4, -0.2) is 14.7 Å². The number of hydrogen-bond acceptors (Lipinski definition) is 4. The van der Waals surface area contributed by atoms with E-state index in [2.05, 4.69) is 16.4 Å². The summed E-state index contributed by atoms with van der Waals surface area (Å²) in [5.74, 6) is -0.295. The second-order valence-corrected chi connectivity index (χ2v) is 6.51. The maximum Gasteiger partial charge on any atom is 0.270 e. The van der Waals surface area contributed by atoms with Gasteiger partial charge in [0.2, 0.25) is 0 Å². The van der Waals surface area contributed by atoms with Gasteiger partial charge >= 0.3 is 0 Å². The predicted octanol–water partition coefficient (Wildman–Crippen LogP) is 3.93. The number of thiophene rings is 1. The molecule has 5 nitrogen and oxygen atoms in total. The standard InChI is InChI=1S/C19H13N3O2S/c1-11-8-16-17(18(23)15(9-20)19(24)21-16)22(11)14-4-2-12(3-5-14)13-6-7-25-10-13/h2-8,10H,1H3,(H2,21,23,24). The molecule has 0 unspecified atom stereocenters. The summed E-state index contributed by atoms with van der Waals surface area (Å²) in [5, 5.41) is 23.7. The summed E-state index contributed by atoms with van der Waals surface area (Å²) in [5.41, 5.74) is 4.02. The molecule has 0 radical (unpaired) electrons. The van der Waals surface area contributed by atoms with Gasteiger partial charge in [0.1, 0.15) is 11.6 Å². The van der Waals surface area contributed by atoms with Crippen LogP contribution in [0.1, 0.15) is 11.3 Å². The predicted molar refractivity (Wildman–Crippen MR) is 98.3 cm³/mol. The third-order valence-electron chi connectivity index (χ3n) is 4.21. The first-order valence-electron chi connectivity index (χ1n) is 7.60. The molecule has 0 aliphatic carbocycles. The molecule has 1 aromatic carbocycles. The number of nitrogens with zero attached hydrogens (tertiary/aromatic N) is 2. The average molecular weight is 347 g/mol. The third-order valence-corrected chi connectivity index (χ3v) is 4.90. The lowest BCUT2D eigenvalue weighted by atomic mass is 10.1. The van der Waals surface area contributed by atoms with Gasteiger partial charge in [-0.15, -0.1) is 0 Å². The highest BCUT2D eigenvalue weighted by Gasteiger charge is 2.18. The lowest BCUT2D eigenvalue weighted by molar-refractivity contribution is 0.476. The van der Waals surface area contributed by atoms with Crippen LogP contribution in [-0.2, 0) is 0 Å². The lowest BCUT2D eigenvalue weighted by Crippen LogP contribution is -2.10. The van der Waals surface area contributed by atoms with Gasteiger partial charge in [-0.25, -0.2) is 0 Å². The Balaban J connectivity index is 1.94. The van der Waals surface area contributed by atoms with E-state index >= 15 is 0 Å². The molecule has 0 spiro atoms. The molecule has 4 rings (SSSR count). The fraction of sp³-hybridized carbons (Fsp3) is 0.0526. The fourth-order valence-corrected chi connectivity index (χ4v) is 3.71. The molecule has 0 aliphatic heterocycles. The molecule has 4 aromatic rings. The van der Waals surface area contributed by atoms with E-state index in [0.717, 1.165) is 22.5 Å². The Morgan fingerprint density at radius 2 is 1.96 bits per heavy atom. The van der Waals surface area contributed by atoms with Crippen LogP contribution >= 0.6 is 11.3 Å². The Kier molecular flexibility index (Phi) is 3.45. The van der Waals surface area contributed by atoms with Crippen molar-refractivity contribution in [3.8, 4) is 28.6 Å². The zero-order chi connectivity index (χ0) is 17.6. The van der Waals surface area contributed by atoms with E-state index in [0.29, 0.717) is 11.0 Å². The molecule has 0 saturated carbocycles. The van der Waals surface area contributed by atoms with Crippen LogP contribution in [0.5, 0.6) is 5.75 Å². The van der Waals surface area contributed by atoms with Crippen molar-refractivity contribution < 1.29 is 5.11 Å². The number of rotatable bonds is 2. The normalized spacial score (nSPS) is 10.9. The number of aromatic amines is 1. The fourth-order valence-electron chi connectivity index (χ4n) is 3.05. The van der Waals surface area contributed by atoms with Gasteiger partial charge < -0.3 is 14.7 Å². The highest BCUT2D eigenvalue weighted by Crippen LogP contribution is 2.31. The summed E-state index contributed by atoms with van der Waals surface area (Å²) in [6.45, 7) is 1.89. The van der Waals surface area contributed by atoms with Crippen molar-refractivity contribution in [2.24, 2.45) is 0 Å². The first kappa shape index (κ1) is 15.2. The second kappa shape index (κ2) is 5.65. The summed E-state index contributed by atoms with van der Waals surface area (Å²) >= 11 is 1.65. The molecule has 25 heavy (non-hydrogen) atoms. The maximum atomic E-state index is 11.9. The van der Waals surface area contributed by atoms with Gasteiger partial charge in [-0.1, -0.05) is 12.1 Å². The number of aromatic nitrogens is 2. The largest absolute Gasteiger partial charge is 0.504 e. The molecule has 0 bridgehead atoms. The molecular formula is C19H13N3O2S. The number of nitrogens with one attached hydrogen (secondary N) is 1. The SMILES string of the molecule is Cc1cc2[nH]c(=O)c(C#N)c(O)c2n1-c1ccc(-c2ccsc2)cc1. The zero-order valence-corrected chi connectivity index (χ0v) is 14.1. The molecule has 6 heteroatoms. The minimum Gasteiger partial charge on any atom is -0.504 e. The summed E-state index contributed by atoms with van der Waals surface area (Å²) in [4.78, 5) is 14.5. The minimum absolute atomic E-state index is 0.276. The number of benzene rings is 1. The Bertz CT molecular complexity index is 1180. The Morgan fingerprint density at radius 1 is 1.20 bits per heavy atom. The first-order chi connectivity index (χ1) is 12.1. The summed E-state index contributed by atoms with van der Waals surface area (Å²) in [6, 6.07) is 13.5. The molecular weight excluding hydrogens is 334 g/mol. The third kappa shape index (κ3) is 2.33. The Labute approximate surface area is 147 Å². The first-order valence-corrected chi connectivity index (χ1v) is 8.55. The number of H-pyrrole nitrogens is 1. The van der Waals surface area contributed by atoms with Gasteiger partial charge in [-0.05, 0) is 53.1 Å². The van der Waals surface area contributed by atoms with Gasteiger partial charge in [-0.3, -0.25) is 4.79 Å². The maximum absolute atomic E-state index is 11.9. The highest BCUT2D eigenvalue weighted by atomic mass is 32.1. The number of aromatic hydroxyl groups is 1. The quantitative estimate of drug-likeness (QED) is 0.576. The van der Waals surface area contributed by atoms with Crippen LogP contribution in [0, 0.1) is 18.3 Å². The van der Waals surface area contributed by atoms with Gasteiger partial charge in [-0.2, -0.15) is 16.6 Å². The van der Waals surface area contributed by atoms with Crippen molar-refractivity contribution >= 4 is 22.4 Å². The summed E-state index contributed by atoms with van der Waals surface area (Å²) < 4.78 is 1.83. The van der Waals surface area contributed by atoms with Crippen LogP contribution in [0.2, 0.25) is 0 Å². The van der Waals surface area contributed by atoms with Crippen LogP contribution in [0.15, 0.2) is 52.0 Å². The number of nitriles is 1. The van der Waals surface area contributed by atoms with E-state index in [1.165, 1.54) is 0 Å². The molecule has 0 amide bonds. The number of pyridine rings is 1. The topological polar surface area (TPSA) is 81.8 Å². The van der Waals surface area contributed by atoms with Crippen molar-refractivity contribution in [1.82, 2.24) is 9.55 Å². The smallest absolute Gasteiger partial charge is 0.270 e. The van der Waals surface area contributed by atoms with Crippen LogP contribution in [0.4, 0.5) is 0 Å². The minimum atomic E-state index is -0.586. The molecule has 2 N–H and O–H groups in total. The monoisotopic (exact) mass is 347 g/mol. The van der Waals surface area contributed by atoms with E-state index in [1.807, 2.05) is 41.1 Å². The molecule has 0 atom stereocenters. The molecule has 0 saturated heterocycles. The number of aryl methyl sites for hydroxylation is 1. The van der Waals surface area contributed by atoms with E-state index in [4.69, 9.17) is 5.26 Å². The van der Waals surface area contributed by atoms with Gasteiger partial charge in [0.05, 0.1) is 5.52 Å². The van der Waals surface area contributed by atoms with Crippen molar-refractivity contribution in [2.75, 3.05) is 0 Å². The van der Waals surface area contributed by atoms with E-state index in [1.54, 1.807) is 23.5 Å². The number of hydrogen-bond donors (Lipinski definition) is 2. The van der Waals surface area contributed by atoms with Crippen LogP contribution < -0.4 is 5.56 Å². The van der Waals surface area contributed by atoms with E-state index in [9.17, 15) is 9.90 Å². The van der Waals surface area contributed by atoms with Gasteiger partial charge in [0, 0.05) is 11.4 Å². The average Bonchev–Trinajstić information content (AvgIpc) is 3.23. The van der Waals surface area contributed by atoms with Gasteiger partial charge in [0.25, 0.3) is 5.56 Å². The van der Waals surface area contributed by atoms with Gasteiger partial charge in [0.15, 0.2) is 11.3 Å². The molecule has 122 valence electrons. The highest BCUT2D eigenvalue weighted by molar-refractivity contribution is 7.08. The van der Waals surface area contributed by atoms with Crippen molar-refractivity contribution in [3.63, 3.8) is 0 Å². The van der Waals surface area contributed by atoms with Crippen molar-refractivity contribution in [1.29, 1.82) is 5.26 Å². The summed E-state index contributed by atoms with van der Waals surface area (Å²) in [7, 11) is 0. The zero-order valence-electron chi connectivity index (χ0n) is 13.3.